The van der Waals surface area contributed by atoms with E-state index in [0.29, 0.717) is 6.61 Å². The second-order valence-electron chi connectivity index (χ2n) is 4.00. The van der Waals surface area contributed by atoms with Crippen LogP contribution in [0.15, 0.2) is 24.3 Å². The fourth-order valence-corrected chi connectivity index (χ4v) is 1.59. The summed E-state index contributed by atoms with van der Waals surface area (Å²) in [6, 6.07) is 7.80. The molecule has 0 aromatic heterocycles. The minimum atomic E-state index is -0.269. The highest BCUT2D eigenvalue weighted by molar-refractivity contribution is 5.69. The van der Waals surface area contributed by atoms with Gasteiger partial charge in [-0.15, -0.1) is 0 Å². The molecule has 4 heteroatoms. The number of carbonyl (C=O) groups is 1. The maximum Gasteiger partial charge on any atom is 0.308 e. The number of benzene rings is 1. The maximum absolute atomic E-state index is 10.9. The number of aliphatic hydroxyl groups excluding tert-OH is 1. The lowest BCUT2D eigenvalue weighted by molar-refractivity contribution is -0.141. The molecule has 0 aliphatic heterocycles. The molecule has 0 atom stereocenters. The lowest BCUT2D eigenvalue weighted by atomic mass is 10.1. The molecule has 1 aromatic rings. The Morgan fingerprint density at radius 3 is 2.89 bits per heavy atom. The van der Waals surface area contributed by atoms with Crippen molar-refractivity contribution in [3.8, 4) is 5.75 Å². The molecule has 0 fully saturated rings. The minimum absolute atomic E-state index is 0.231. The van der Waals surface area contributed by atoms with Crippen LogP contribution in [-0.2, 0) is 16.0 Å². The second-order valence-corrected chi connectivity index (χ2v) is 4.00. The zero-order valence-corrected chi connectivity index (χ0v) is 10.7. The van der Waals surface area contributed by atoms with Gasteiger partial charge in [0, 0.05) is 6.61 Å². The van der Waals surface area contributed by atoms with Crippen molar-refractivity contribution in [2.24, 2.45) is 0 Å². The molecule has 18 heavy (non-hydrogen) atoms. The molecular formula is C14H20O4. The maximum atomic E-state index is 10.9. The van der Waals surface area contributed by atoms with Crippen molar-refractivity contribution in [2.45, 2.75) is 25.7 Å². The lowest BCUT2D eigenvalue weighted by Gasteiger charge is -2.07. The van der Waals surface area contributed by atoms with Gasteiger partial charge in [-0.05, 0) is 37.0 Å². The smallest absolute Gasteiger partial charge is 0.308 e. The van der Waals surface area contributed by atoms with Crippen molar-refractivity contribution in [3.63, 3.8) is 0 Å². The Bertz CT molecular complexity index is 363. The van der Waals surface area contributed by atoms with Crippen LogP contribution in [0.5, 0.6) is 5.75 Å². The Morgan fingerprint density at radius 2 is 2.17 bits per heavy atom. The van der Waals surface area contributed by atoms with Crippen molar-refractivity contribution >= 4 is 5.97 Å². The van der Waals surface area contributed by atoms with Crippen LogP contribution >= 0.6 is 0 Å². The zero-order valence-electron chi connectivity index (χ0n) is 10.7. The summed E-state index contributed by atoms with van der Waals surface area (Å²) in [5.41, 5.74) is 1.18. The van der Waals surface area contributed by atoms with E-state index in [1.54, 1.807) is 0 Å². The average molecular weight is 252 g/mol. The first-order valence-electron chi connectivity index (χ1n) is 6.15. The van der Waals surface area contributed by atoms with Gasteiger partial charge >= 0.3 is 5.97 Å². The zero-order chi connectivity index (χ0) is 13.2. The van der Waals surface area contributed by atoms with Gasteiger partial charge in [0.25, 0.3) is 0 Å². The van der Waals surface area contributed by atoms with Crippen LogP contribution in [0, 0.1) is 0 Å². The van der Waals surface area contributed by atoms with E-state index in [1.807, 2.05) is 24.3 Å². The van der Waals surface area contributed by atoms with Gasteiger partial charge in [-0.2, -0.15) is 0 Å². The summed E-state index contributed by atoms with van der Waals surface area (Å²) >= 11 is 0. The molecule has 0 amide bonds. The molecular weight excluding hydrogens is 232 g/mol. The van der Waals surface area contributed by atoms with Crippen LogP contribution in [0.1, 0.15) is 24.8 Å². The summed E-state index contributed by atoms with van der Waals surface area (Å²) in [4.78, 5) is 10.9. The summed E-state index contributed by atoms with van der Waals surface area (Å²) in [7, 11) is 1.37. The van der Waals surface area contributed by atoms with Crippen LogP contribution in [-0.4, -0.2) is 31.4 Å². The third kappa shape index (κ3) is 5.68. The summed E-state index contributed by atoms with van der Waals surface area (Å²) in [5.74, 6) is 0.495. The number of methoxy groups -OCH3 is 1. The Kier molecular flexibility index (Phi) is 6.87. The van der Waals surface area contributed by atoms with E-state index in [9.17, 15) is 4.79 Å². The van der Waals surface area contributed by atoms with E-state index in [0.717, 1.165) is 25.0 Å². The lowest BCUT2D eigenvalue weighted by Crippen LogP contribution is -2.07. The molecule has 4 nitrogen and oxygen atoms in total. The number of hydrogen-bond donors (Lipinski definition) is 1. The third-order valence-electron chi connectivity index (χ3n) is 2.57. The molecule has 0 spiro atoms. The standard InChI is InChI=1S/C14H20O4/c1-17-14(16)8-10-18-13-7-4-6-12(11-13)5-2-3-9-15/h4,6-7,11,15H,2-3,5,8-10H2,1H3. The van der Waals surface area contributed by atoms with Gasteiger partial charge in [-0.1, -0.05) is 12.1 Å². The monoisotopic (exact) mass is 252 g/mol. The SMILES string of the molecule is COC(=O)CCOc1cccc(CCCCO)c1. The van der Waals surface area contributed by atoms with Gasteiger partial charge < -0.3 is 14.6 Å². The first-order valence-corrected chi connectivity index (χ1v) is 6.15. The molecule has 0 aliphatic carbocycles. The van der Waals surface area contributed by atoms with E-state index < -0.39 is 0 Å². The summed E-state index contributed by atoms with van der Waals surface area (Å²) in [6.45, 7) is 0.558. The number of esters is 1. The van der Waals surface area contributed by atoms with Gasteiger partial charge in [-0.25, -0.2) is 0 Å². The third-order valence-corrected chi connectivity index (χ3v) is 2.57. The summed E-state index contributed by atoms with van der Waals surface area (Å²) in [5, 5.41) is 8.72. The predicted molar refractivity (Wildman–Crippen MR) is 68.6 cm³/mol. The first-order chi connectivity index (χ1) is 8.76. The van der Waals surface area contributed by atoms with Crippen molar-refractivity contribution in [1.29, 1.82) is 0 Å². The molecule has 1 rings (SSSR count). The molecule has 0 heterocycles. The molecule has 0 unspecified atom stereocenters. The molecule has 1 aromatic carbocycles. The topological polar surface area (TPSA) is 55.8 Å². The molecule has 0 aliphatic rings. The largest absolute Gasteiger partial charge is 0.493 e. The van der Waals surface area contributed by atoms with Gasteiger partial charge in [-0.3, -0.25) is 4.79 Å². The molecule has 0 saturated heterocycles. The van der Waals surface area contributed by atoms with Crippen LogP contribution in [0.25, 0.3) is 0 Å². The predicted octanol–water partition coefficient (Wildman–Crippen LogP) is 1.94. The number of aryl methyl sites for hydroxylation is 1. The van der Waals surface area contributed by atoms with E-state index in [-0.39, 0.29) is 19.0 Å². The van der Waals surface area contributed by atoms with Crippen LogP contribution in [0.3, 0.4) is 0 Å². The Morgan fingerprint density at radius 1 is 1.33 bits per heavy atom. The quantitative estimate of drug-likeness (QED) is 0.567. The van der Waals surface area contributed by atoms with Gasteiger partial charge in [0.1, 0.15) is 5.75 Å². The number of hydrogen-bond acceptors (Lipinski definition) is 4. The van der Waals surface area contributed by atoms with Crippen molar-refractivity contribution < 1.29 is 19.4 Å². The molecule has 0 bridgehead atoms. The van der Waals surface area contributed by atoms with Crippen molar-refractivity contribution in [2.75, 3.05) is 20.3 Å². The number of ether oxygens (including phenoxy) is 2. The second kappa shape index (κ2) is 8.53. The van der Waals surface area contributed by atoms with Gasteiger partial charge in [0.05, 0.1) is 20.1 Å². The number of aliphatic hydroxyl groups is 1. The Labute approximate surface area is 108 Å². The molecule has 1 N–H and O–H groups in total. The van der Waals surface area contributed by atoms with E-state index in [4.69, 9.17) is 9.84 Å². The Balaban J connectivity index is 2.36. The van der Waals surface area contributed by atoms with Gasteiger partial charge in [0.2, 0.25) is 0 Å². The molecule has 0 saturated carbocycles. The van der Waals surface area contributed by atoms with Crippen LogP contribution in [0.4, 0.5) is 0 Å². The first kappa shape index (κ1) is 14.5. The number of unbranched alkanes of at least 4 members (excludes halogenated alkanes) is 1. The average Bonchev–Trinajstić information content (AvgIpc) is 2.39. The number of carbonyl (C=O) groups excluding carboxylic acids is 1. The van der Waals surface area contributed by atoms with Crippen LogP contribution in [0.2, 0.25) is 0 Å². The van der Waals surface area contributed by atoms with E-state index in [2.05, 4.69) is 4.74 Å². The fourth-order valence-electron chi connectivity index (χ4n) is 1.59. The Hall–Kier alpha value is -1.55. The molecule has 0 radical (unpaired) electrons. The fraction of sp³-hybridized carbons (Fsp3) is 0.500. The highest BCUT2D eigenvalue weighted by Gasteiger charge is 2.01. The normalized spacial score (nSPS) is 10.1. The van der Waals surface area contributed by atoms with Crippen LogP contribution < -0.4 is 4.74 Å². The highest BCUT2D eigenvalue weighted by atomic mass is 16.5. The van der Waals surface area contributed by atoms with Crippen molar-refractivity contribution in [1.82, 2.24) is 0 Å². The minimum Gasteiger partial charge on any atom is -0.493 e. The number of rotatable bonds is 8. The highest BCUT2D eigenvalue weighted by Crippen LogP contribution is 2.15. The van der Waals surface area contributed by atoms with E-state index >= 15 is 0 Å². The summed E-state index contributed by atoms with van der Waals surface area (Å²) < 4.78 is 10.0. The molecule has 100 valence electrons. The van der Waals surface area contributed by atoms with E-state index in [1.165, 1.54) is 12.7 Å². The summed E-state index contributed by atoms with van der Waals surface area (Å²) in [6.07, 6.45) is 2.95. The van der Waals surface area contributed by atoms with Gasteiger partial charge in [0.15, 0.2) is 0 Å². The van der Waals surface area contributed by atoms with Crippen molar-refractivity contribution in [3.05, 3.63) is 29.8 Å².